The average Bonchev–Trinajstić information content (AvgIpc) is 3.34. The number of likely N-dealkylation sites (tertiary alicyclic amines) is 1. The second kappa shape index (κ2) is 9.17. The second-order valence-electron chi connectivity index (χ2n) is 7.58. The molecule has 164 valence electrons. The number of amides is 2. The summed E-state index contributed by atoms with van der Waals surface area (Å²) in [5, 5.41) is 14.5. The lowest BCUT2D eigenvalue weighted by molar-refractivity contribution is -0.384. The highest BCUT2D eigenvalue weighted by molar-refractivity contribution is 5.96. The molecule has 2 fully saturated rings. The monoisotopic (exact) mass is 428 g/mol. The quantitative estimate of drug-likeness (QED) is 0.572. The first-order valence-corrected chi connectivity index (χ1v) is 10.3. The Morgan fingerprint density at radius 2 is 1.84 bits per heavy atom. The molecular formula is C21H24N4O6. The zero-order chi connectivity index (χ0) is 21.8. The van der Waals surface area contributed by atoms with E-state index >= 15 is 0 Å². The van der Waals surface area contributed by atoms with Crippen molar-refractivity contribution in [2.75, 3.05) is 44.3 Å². The first kappa shape index (κ1) is 20.9. The van der Waals surface area contributed by atoms with Crippen molar-refractivity contribution >= 4 is 23.2 Å². The van der Waals surface area contributed by atoms with E-state index in [9.17, 15) is 19.7 Å². The summed E-state index contributed by atoms with van der Waals surface area (Å²) >= 11 is 0. The van der Waals surface area contributed by atoms with Crippen molar-refractivity contribution in [2.45, 2.75) is 18.9 Å². The van der Waals surface area contributed by atoms with Crippen LogP contribution in [-0.4, -0.2) is 67.1 Å². The number of rotatable bonds is 5. The van der Waals surface area contributed by atoms with Crippen LogP contribution in [0.3, 0.4) is 0 Å². The maximum atomic E-state index is 12.7. The highest BCUT2D eigenvalue weighted by Crippen LogP contribution is 2.30. The Hall–Kier alpha value is -3.40. The maximum Gasteiger partial charge on any atom is 0.293 e. The van der Waals surface area contributed by atoms with Gasteiger partial charge in [0, 0.05) is 43.9 Å². The Kier molecular flexibility index (Phi) is 6.17. The van der Waals surface area contributed by atoms with Crippen molar-refractivity contribution in [3.8, 4) is 0 Å². The number of ether oxygens (including phenoxy) is 1. The van der Waals surface area contributed by atoms with E-state index in [0.29, 0.717) is 63.7 Å². The highest BCUT2D eigenvalue weighted by Gasteiger charge is 2.27. The summed E-state index contributed by atoms with van der Waals surface area (Å²) in [6, 6.07) is 7.76. The van der Waals surface area contributed by atoms with E-state index < -0.39 is 4.92 Å². The van der Waals surface area contributed by atoms with Crippen LogP contribution in [0.2, 0.25) is 0 Å². The molecule has 2 aromatic rings. The van der Waals surface area contributed by atoms with Crippen molar-refractivity contribution in [1.29, 1.82) is 0 Å². The Balaban J connectivity index is 1.38. The van der Waals surface area contributed by atoms with Gasteiger partial charge in [0.2, 0.25) is 0 Å². The second-order valence-corrected chi connectivity index (χ2v) is 7.58. The van der Waals surface area contributed by atoms with E-state index in [1.54, 1.807) is 29.2 Å². The lowest BCUT2D eigenvalue weighted by atomic mass is 10.0. The molecule has 0 saturated carbocycles. The van der Waals surface area contributed by atoms with E-state index in [-0.39, 0.29) is 29.1 Å². The van der Waals surface area contributed by atoms with Gasteiger partial charge in [0.25, 0.3) is 17.5 Å². The van der Waals surface area contributed by atoms with Crippen LogP contribution in [0.15, 0.2) is 41.0 Å². The van der Waals surface area contributed by atoms with Crippen molar-refractivity contribution in [3.05, 3.63) is 58.0 Å². The summed E-state index contributed by atoms with van der Waals surface area (Å²) in [6.45, 7) is 3.17. The van der Waals surface area contributed by atoms with Crippen molar-refractivity contribution in [2.24, 2.45) is 0 Å². The van der Waals surface area contributed by atoms with Crippen LogP contribution in [0.4, 0.5) is 11.4 Å². The van der Waals surface area contributed by atoms with Gasteiger partial charge in [-0.15, -0.1) is 0 Å². The number of benzene rings is 1. The molecule has 31 heavy (non-hydrogen) atoms. The van der Waals surface area contributed by atoms with Crippen LogP contribution in [-0.2, 0) is 4.74 Å². The molecule has 10 nitrogen and oxygen atoms in total. The predicted octanol–water partition coefficient (Wildman–Crippen LogP) is 2.06. The number of hydrogen-bond acceptors (Lipinski definition) is 7. The molecule has 4 rings (SSSR count). The average molecular weight is 428 g/mol. The summed E-state index contributed by atoms with van der Waals surface area (Å²) in [7, 11) is 0. The van der Waals surface area contributed by atoms with Gasteiger partial charge < -0.3 is 24.3 Å². The van der Waals surface area contributed by atoms with Gasteiger partial charge in [0.15, 0.2) is 5.76 Å². The molecule has 2 aliphatic heterocycles. The molecule has 2 saturated heterocycles. The predicted molar refractivity (Wildman–Crippen MR) is 111 cm³/mol. The normalized spacial score (nSPS) is 17.4. The van der Waals surface area contributed by atoms with Crippen LogP contribution < -0.4 is 10.2 Å². The Labute approximate surface area is 178 Å². The van der Waals surface area contributed by atoms with Gasteiger partial charge in [-0.25, -0.2) is 0 Å². The highest BCUT2D eigenvalue weighted by atomic mass is 16.6. The summed E-state index contributed by atoms with van der Waals surface area (Å²) < 4.78 is 10.5. The number of furan rings is 1. The minimum absolute atomic E-state index is 0.0894. The third-order valence-corrected chi connectivity index (χ3v) is 5.64. The van der Waals surface area contributed by atoms with Gasteiger partial charge in [0.05, 0.1) is 24.4 Å². The van der Waals surface area contributed by atoms with E-state index in [1.165, 1.54) is 12.3 Å². The molecule has 3 heterocycles. The summed E-state index contributed by atoms with van der Waals surface area (Å²) in [6.07, 6.45) is 2.67. The number of carbonyl (C=O) groups excluding carboxylic acids is 2. The number of anilines is 1. The Bertz CT molecular complexity index is 947. The SMILES string of the molecule is O=C(NC1CCN(C(=O)c2ccco2)CC1)c1ccc(N2CCOCC2)c([N+](=O)[O-])c1. The van der Waals surface area contributed by atoms with E-state index in [0.717, 1.165) is 0 Å². The molecule has 0 spiro atoms. The molecule has 1 aromatic carbocycles. The minimum Gasteiger partial charge on any atom is -0.459 e. The molecule has 0 atom stereocenters. The zero-order valence-corrected chi connectivity index (χ0v) is 17.0. The van der Waals surface area contributed by atoms with Gasteiger partial charge in [-0.2, -0.15) is 0 Å². The fourth-order valence-electron chi connectivity index (χ4n) is 3.93. The van der Waals surface area contributed by atoms with E-state index in [2.05, 4.69) is 5.32 Å². The lowest BCUT2D eigenvalue weighted by Gasteiger charge is -2.32. The summed E-state index contributed by atoms with van der Waals surface area (Å²) in [4.78, 5) is 39.8. The first-order valence-electron chi connectivity index (χ1n) is 10.3. The first-order chi connectivity index (χ1) is 15.0. The topological polar surface area (TPSA) is 118 Å². The number of nitrogens with one attached hydrogen (secondary N) is 1. The fourth-order valence-corrected chi connectivity index (χ4v) is 3.93. The summed E-state index contributed by atoms with van der Waals surface area (Å²) in [5.41, 5.74) is 0.654. The Morgan fingerprint density at radius 1 is 1.10 bits per heavy atom. The largest absolute Gasteiger partial charge is 0.459 e. The smallest absolute Gasteiger partial charge is 0.293 e. The minimum atomic E-state index is -0.458. The van der Waals surface area contributed by atoms with Crippen LogP contribution in [0.1, 0.15) is 33.8 Å². The number of morpholine rings is 1. The van der Waals surface area contributed by atoms with Gasteiger partial charge in [-0.1, -0.05) is 0 Å². The third kappa shape index (κ3) is 4.69. The van der Waals surface area contributed by atoms with Gasteiger partial charge in [-0.3, -0.25) is 19.7 Å². The molecule has 0 unspecified atom stereocenters. The standard InChI is InChI=1S/C21H24N4O6/c26-20(22-16-5-7-24(8-6-16)21(27)19-2-1-11-31-19)15-3-4-17(18(14-15)25(28)29)23-9-12-30-13-10-23/h1-4,11,14,16H,5-10,12-13H2,(H,22,26). The lowest BCUT2D eigenvalue weighted by Crippen LogP contribution is -2.46. The van der Waals surface area contributed by atoms with Crippen LogP contribution >= 0.6 is 0 Å². The van der Waals surface area contributed by atoms with Crippen LogP contribution in [0, 0.1) is 10.1 Å². The van der Waals surface area contributed by atoms with Crippen LogP contribution in [0.5, 0.6) is 0 Å². The molecule has 0 radical (unpaired) electrons. The molecule has 2 amide bonds. The molecular weight excluding hydrogens is 404 g/mol. The third-order valence-electron chi connectivity index (χ3n) is 5.64. The van der Waals surface area contributed by atoms with E-state index in [1.807, 2.05) is 4.90 Å². The number of piperidine rings is 1. The molecule has 0 bridgehead atoms. The van der Waals surface area contributed by atoms with Crippen molar-refractivity contribution < 1.29 is 23.7 Å². The molecule has 0 aliphatic carbocycles. The van der Waals surface area contributed by atoms with Gasteiger partial charge in [0.1, 0.15) is 5.69 Å². The number of nitro groups is 1. The van der Waals surface area contributed by atoms with Gasteiger partial charge >= 0.3 is 0 Å². The molecule has 1 N–H and O–H groups in total. The van der Waals surface area contributed by atoms with Crippen LogP contribution in [0.25, 0.3) is 0 Å². The molecule has 1 aromatic heterocycles. The number of carbonyl (C=O) groups is 2. The summed E-state index contributed by atoms with van der Waals surface area (Å²) in [5.74, 6) is -0.216. The Morgan fingerprint density at radius 3 is 2.48 bits per heavy atom. The zero-order valence-electron chi connectivity index (χ0n) is 17.0. The van der Waals surface area contributed by atoms with Gasteiger partial charge in [-0.05, 0) is 37.1 Å². The number of hydrogen-bond donors (Lipinski definition) is 1. The molecule has 2 aliphatic rings. The number of nitrogens with zero attached hydrogens (tertiary/aromatic N) is 3. The fraction of sp³-hybridized carbons (Fsp3) is 0.429. The molecule has 10 heteroatoms. The van der Waals surface area contributed by atoms with Crippen molar-refractivity contribution in [3.63, 3.8) is 0 Å². The number of nitro benzene ring substituents is 1. The van der Waals surface area contributed by atoms with E-state index in [4.69, 9.17) is 9.15 Å². The maximum absolute atomic E-state index is 12.7. The van der Waals surface area contributed by atoms with Crippen molar-refractivity contribution in [1.82, 2.24) is 10.2 Å².